The van der Waals surface area contributed by atoms with Crippen LogP contribution in [-0.2, 0) is 15.1 Å². The highest BCUT2D eigenvalue weighted by Gasteiger charge is 2.41. The lowest BCUT2D eigenvalue weighted by molar-refractivity contribution is -0.148. The highest BCUT2D eigenvalue weighted by atomic mass is 35.5. The molecule has 0 unspecified atom stereocenters. The van der Waals surface area contributed by atoms with E-state index in [1.54, 1.807) is 6.92 Å². The van der Waals surface area contributed by atoms with Crippen molar-refractivity contribution in [2.24, 2.45) is 0 Å². The second-order valence-corrected chi connectivity index (χ2v) is 5.45. The third-order valence-electron chi connectivity index (χ3n) is 3.74. The van der Waals surface area contributed by atoms with Crippen LogP contribution in [-0.4, -0.2) is 32.8 Å². The van der Waals surface area contributed by atoms with Gasteiger partial charge in [-0.2, -0.15) is 10.1 Å². The Morgan fingerprint density at radius 2 is 2.00 bits per heavy atom. The number of carbonyl (C=O) groups is 1. The lowest BCUT2D eigenvalue weighted by Gasteiger charge is -2.28. The van der Waals surface area contributed by atoms with Crippen molar-refractivity contribution in [3.05, 3.63) is 47.2 Å². The number of anilines is 1. The molecule has 2 heterocycles. The first-order valence-corrected chi connectivity index (χ1v) is 7.17. The molecule has 3 rings (SSSR count). The van der Waals surface area contributed by atoms with Gasteiger partial charge >= 0.3 is 5.97 Å². The van der Waals surface area contributed by atoms with Gasteiger partial charge in [0.25, 0.3) is 0 Å². The molecule has 3 aromatic rings. The maximum absolute atomic E-state index is 12.6. The second kappa shape index (κ2) is 5.51. The molecule has 0 aliphatic rings. The van der Waals surface area contributed by atoms with Gasteiger partial charge in [0.2, 0.25) is 5.95 Å². The van der Waals surface area contributed by atoms with E-state index in [0.717, 1.165) is 0 Å². The number of nitrogens with two attached hydrogens (primary N) is 1. The van der Waals surface area contributed by atoms with E-state index in [-0.39, 0.29) is 11.1 Å². The highest BCUT2D eigenvalue weighted by Crippen LogP contribution is 2.31. The number of hydrogen-bond donors (Lipinski definition) is 1. The van der Waals surface area contributed by atoms with Gasteiger partial charge in [-0.15, -0.1) is 0 Å². The number of ether oxygens (including phenoxy) is 1. The van der Waals surface area contributed by atoms with E-state index in [2.05, 4.69) is 15.1 Å². The van der Waals surface area contributed by atoms with Crippen molar-refractivity contribution in [2.75, 3.05) is 12.8 Å². The summed E-state index contributed by atoms with van der Waals surface area (Å²) >= 11 is 6.08. The Balaban J connectivity index is 2.33. The van der Waals surface area contributed by atoms with Crippen LogP contribution in [0.5, 0.6) is 0 Å². The molecule has 0 radical (unpaired) electrons. The number of benzene rings is 1. The van der Waals surface area contributed by atoms with Crippen LogP contribution in [0.1, 0.15) is 12.5 Å². The lowest BCUT2D eigenvalue weighted by Crippen LogP contribution is -2.42. The smallest absolute Gasteiger partial charge is 0.338 e. The molecule has 1 atom stereocenters. The molecule has 0 amide bonds. The molecule has 0 aliphatic carbocycles. The maximum atomic E-state index is 12.6. The molecule has 1 aromatic carbocycles. The van der Waals surface area contributed by atoms with Crippen molar-refractivity contribution in [1.29, 1.82) is 0 Å². The van der Waals surface area contributed by atoms with E-state index < -0.39 is 11.5 Å². The summed E-state index contributed by atoms with van der Waals surface area (Å²) in [4.78, 5) is 20.6. The van der Waals surface area contributed by atoms with E-state index in [4.69, 9.17) is 22.1 Å². The van der Waals surface area contributed by atoms with Crippen molar-refractivity contribution in [3.63, 3.8) is 0 Å². The zero-order valence-electron chi connectivity index (χ0n) is 12.5. The predicted octanol–water partition coefficient (Wildman–Crippen LogP) is 2.00. The highest BCUT2D eigenvalue weighted by molar-refractivity contribution is 6.34. The number of nitrogen functional groups attached to an aromatic ring is 1. The average molecular weight is 332 g/mol. The molecule has 23 heavy (non-hydrogen) atoms. The fourth-order valence-corrected chi connectivity index (χ4v) is 2.72. The largest absolute Gasteiger partial charge is 0.467 e. The first-order chi connectivity index (χ1) is 11.0. The predicted molar refractivity (Wildman–Crippen MR) is 86.0 cm³/mol. The molecular formula is C15H14ClN5O2. The molecular weight excluding hydrogens is 318 g/mol. The monoisotopic (exact) mass is 331 g/mol. The van der Waals surface area contributed by atoms with E-state index in [1.165, 1.54) is 18.0 Å². The minimum atomic E-state index is -1.22. The summed E-state index contributed by atoms with van der Waals surface area (Å²) in [6.45, 7) is 1.70. The van der Waals surface area contributed by atoms with Gasteiger partial charge in [0.05, 0.1) is 18.7 Å². The van der Waals surface area contributed by atoms with Crippen LogP contribution in [0.2, 0.25) is 5.15 Å². The van der Waals surface area contributed by atoms with E-state index >= 15 is 0 Å². The van der Waals surface area contributed by atoms with Gasteiger partial charge in [0.1, 0.15) is 5.15 Å². The van der Waals surface area contributed by atoms with Crippen LogP contribution in [0.25, 0.3) is 11.0 Å². The quantitative estimate of drug-likeness (QED) is 0.582. The third-order valence-corrected chi connectivity index (χ3v) is 4.03. The van der Waals surface area contributed by atoms with Crippen molar-refractivity contribution in [1.82, 2.24) is 19.7 Å². The van der Waals surface area contributed by atoms with Gasteiger partial charge in [-0.25, -0.2) is 14.5 Å². The van der Waals surface area contributed by atoms with Crippen LogP contribution in [0.15, 0.2) is 36.5 Å². The number of halogens is 1. The Labute approximate surface area is 137 Å². The summed E-state index contributed by atoms with van der Waals surface area (Å²) in [6.07, 6.45) is 1.50. The summed E-state index contributed by atoms with van der Waals surface area (Å²) in [6, 6.07) is 9.16. The molecule has 0 fully saturated rings. The Morgan fingerprint density at radius 1 is 1.30 bits per heavy atom. The number of esters is 1. The Hall–Kier alpha value is -2.67. The summed E-state index contributed by atoms with van der Waals surface area (Å²) in [5.41, 5.74) is 5.52. The molecule has 2 N–H and O–H groups in total. The molecule has 7 nitrogen and oxygen atoms in total. The molecule has 0 spiro atoms. The summed E-state index contributed by atoms with van der Waals surface area (Å²) in [5.74, 6) is -0.480. The second-order valence-electron chi connectivity index (χ2n) is 5.10. The zero-order chi connectivity index (χ0) is 16.6. The number of hydrogen-bond acceptors (Lipinski definition) is 6. The molecule has 0 aliphatic heterocycles. The van der Waals surface area contributed by atoms with E-state index in [9.17, 15) is 4.79 Å². The molecule has 0 bridgehead atoms. The molecule has 8 heteroatoms. The molecule has 0 saturated heterocycles. The number of carbonyl (C=O) groups excluding carboxylic acids is 1. The fraction of sp³-hybridized carbons (Fsp3) is 0.200. The van der Waals surface area contributed by atoms with Crippen molar-refractivity contribution in [2.45, 2.75) is 12.5 Å². The van der Waals surface area contributed by atoms with Gasteiger partial charge < -0.3 is 10.5 Å². The third kappa shape index (κ3) is 2.29. The van der Waals surface area contributed by atoms with Crippen molar-refractivity contribution >= 4 is 34.6 Å². The van der Waals surface area contributed by atoms with Crippen LogP contribution < -0.4 is 5.73 Å². The fourth-order valence-electron chi connectivity index (χ4n) is 2.50. The van der Waals surface area contributed by atoms with Gasteiger partial charge in [0.15, 0.2) is 11.2 Å². The van der Waals surface area contributed by atoms with E-state index in [0.29, 0.717) is 16.6 Å². The van der Waals surface area contributed by atoms with Gasteiger partial charge in [-0.1, -0.05) is 41.9 Å². The number of methoxy groups -OCH3 is 1. The first-order valence-electron chi connectivity index (χ1n) is 6.79. The maximum Gasteiger partial charge on any atom is 0.338 e. The van der Waals surface area contributed by atoms with Crippen molar-refractivity contribution < 1.29 is 9.53 Å². The number of aromatic nitrogens is 4. The molecule has 2 aromatic heterocycles. The average Bonchev–Trinajstić information content (AvgIpc) is 2.98. The number of nitrogens with zero attached hydrogens (tertiary/aromatic N) is 4. The Morgan fingerprint density at radius 3 is 2.65 bits per heavy atom. The van der Waals surface area contributed by atoms with Crippen LogP contribution in [0, 0.1) is 0 Å². The first kappa shape index (κ1) is 15.2. The number of rotatable bonds is 3. The SMILES string of the molecule is COC(=O)[C@@](C)(c1ccccc1)n1ncc2c(Cl)nc(N)nc21. The zero-order valence-corrected chi connectivity index (χ0v) is 13.3. The summed E-state index contributed by atoms with van der Waals surface area (Å²) in [7, 11) is 1.32. The summed E-state index contributed by atoms with van der Waals surface area (Å²) < 4.78 is 6.45. The van der Waals surface area contributed by atoms with Gasteiger partial charge in [0, 0.05) is 0 Å². The minimum Gasteiger partial charge on any atom is -0.467 e. The standard InChI is InChI=1S/C15H14ClN5O2/c1-15(13(22)23-2,9-6-4-3-5-7-9)21-12-10(8-18-21)11(16)19-14(17)20-12/h3-8H,1-2H3,(H2,17,19,20)/t15-/m1/s1. The minimum absolute atomic E-state index is 0.00419. The topological polar surface area (TPSA) is 95.9 Å². The molecule has 0 saturated carbocycles. The van der Waals surface area contributed by atoms with E-state index in [1.807, 2.05) is 30.3 Å². The van der Waals surface area contributed by atoms with Gasteiger partial charge in [-0.05, 0) is 12.5 Å². The van der Waals surface area contributed by atoms with Crippen LogP contribution in [0.4, 0.5) is 5.95 Å². The Kier molecular flexibility index (Phi) is 3.65. The van der Waals surface area contributed by atoms with Crippen LogP contribution in [0.3, 0.4) is 0 Å². The van der Waals surface area contributed by atoms with Gasteiger partial charge in [-0.3, -0.25) is 0 Å². The van der Waals surface area contributed by atoms with Crippen LogP contribution >= 0.6 is 11.6 Å². The summed E-state index contributed by atoms with van der Waals surface area (Å²) in [5, 5.41) is 4.97. The normalized spacial score (nSPS) is 13.7. The van der Waals surface area contributed by atoms with Crippen molar-refractivity contribution in [3.8, 4) is 0 Å². The lowest BCUT2D eigenvalue weighted by atomic mass is 9.92. The number of fused-ring (bicyclic) bond motifs is 1. The Bertz CT molecular complexity index is 880. The molecule has 118 valence electrons.